The Morgan fingerprint density at radius 2 is 1.90 bits per heavy atom. The first kappa shape index (κ1) is 21.3. The summed E-state index contributed by atoms with van der Waals surface area (Å²) in [5.41, 5.74) is 3.46. The van der Waals surface area contributed by atoms with Gasteiger partial charge in [0.25, 0.3) is 5.91 Å². The molecule has 0 fully saturated rings. The lowest BCUT2D eigenvalue weighted by atomic mass is 10.1. The van der Waals surface area contributed by atoms with Gasteiger partial charge in [0, 0.05) is 25.4 Å². The lowest BCUT2D eigenvalue weighted by Crippen LogP contribution is -2.37. The van der Waals surface area contributed by atoms with Crippen molar-refractivity contribution in [2.45, 2.75) is 20.0 Å². The van der Waals surface area contributed by atoms with E-state index in [2.05, 4.69) is 10.4 Å². The molecule has 3 aromatic rings. The second-order valence-electron chi connectivity index (χ2n) is 6.87. The number of para-hydroxylation sites is 1. The summed E-state index contributed by atoms with van der Waals surface area (Å²) in [5, 5.41) is 7.29. The molecule has 0 saturated carbocycles. The lowest BCUT2D eigenvalue weighted by molar-refractivity contribution is -0.129. The van der Waals surface area contributed by atoms with Crippen molar-refractivity contribution in [2.24, 2.45) is 0 Å². The third-order valence-corrected chi connectivity index (χ3v) is 4.50. The van der Waals surface area contributed by atoms with Gasteiger partial charge in [-0.15, -0.1) is 0 Å². The van der Waals surface area contributed by atoms with E-state index in [9.17, 15) is 9.59 Å². The Bertz CT molecular complexity index is 1010. The number of hydrogen-bond donors (Lipinski definition) is 1. The maximum absolute atomic E-state index is 12.9. The summed E-state index contributed by atoms with van der Waals surface area (Å²) in [6, 6.07) is 17.2. The van der Waals surface area contributed by atoms with Crippen LogP contribution in [0.5, 0.6) is 0 Å². The predicted molar refractivity (Wildman–Crippen MR) is 114 cm³/mol. The number of rotatable bonds is 8. The number of aromatic nitrogens is 2. The van der Waals surface area contributed by atoms with Gasteiger partial charge < -0.3 is 14.8 Å². The van der Waals surface area contributed by atoms with Crippen molar-refractivity contribution in [3.8, 4) is 16.9 Å². The van der Waals surface area contributed by atoms with Gasteiger partial charge in [-0.25, -0.2) is 9.48 Å². The first-order valence-electron chi connectivity index (χ1n) is 9.69. The molecule has 0 bridgehead atoms. The number of esters is 1. The van der Waals surface area contributed by atoms with Gasteiger partial charge in [0.1, 0.15) is 11.3 Å². The average Bonchev–Trinajstić information content (AvgIpc) is 3.20. The number of nitrogens with zero attached hydrogens (tertiary/aromatic N) is 2. The second kappa shape index (κ2) is 9.84. The number of carbonyl (C=O) groups is 2. The molecule has 1 heterocycles. The zero-order chi connectivity index (χ0) is 21.5. The number of carbonyl (C=O) groups excluding carboxylic acids is 2. The van der Waals surface area contributed by atoms with E-state index in [1.165, 1.54) is 6.92 Å². The van der Waals surface area contributed by atoms with Crippen LogP contribution in [0.3, 0.4) is 0 Å². The van der Waals surface area contributed by atoms with Crippen LogP contribution in [0, 0.1) is 6.92 Å². The number of hydrogen-bond acceptors (Lipinski definition) is 5. The fourth-order valence-corrected chi connectivity index (χ4v) is 2.94. The summed E-state index contributed by atoms with van der Waals surface area (Å²) in [7, 11) is 1.55. The average molecular weight is 407 g/mol. The van der Waals surface area contributed by atoms with Gasteiger partial charge in [0.2, 0.25) is 0 Å². The fraction of sp³-hybridized carbons (Fsp3) is 0.261. The van der Waals surface area contributed by atoms with E-state index >= 15 is 0 Å². The highest BCUT2D eigenvalue weighted by molar-refractivity contribution is 5.97. The Hall–Kier alpha value is -3.45. The molecule has 3 rings (SSSR count). The molecule has 0 unspecified atom stereocenters. The third-order valence-electron chi connectivity index (χ3n) is 4.50. The first-order chi connectivity index (χ1) is 14.5. The zero-order valence-corrected chi connectivity index (χ0v) is 17.3. The first-order valence-corrected chi connectivity index (χ1v) is 9.69. The van der Waals surface area contributed by atoms with Crippen molar-refractivity contribution in [1.29, 1.82) is 0 Å². The monoisotopic (exact) mass is 407 g/mol. The molecule has 1 N–H and O–H groups in total. The minimum Gasteiger partial charge on any atom is -0.449 e. The molecule has 0 saturated heterocycles. The molecule has 7 nitrogen and oxygen atoms in total. The molecule has 2 aromatic carbocycles. The van der Waals surface area contributed by atoms with Gasteiger partial charge in [-0.1, -0.05) is 42.0 Å². The van der Waals surface area contributed by atoms with Crippen LogP contribution in [0.2, 0.25) is 0 Å². The van der Waals surface area contributed by atoms with Crippen LogP contribution in [-0.4, -0.2) is 48.0 Å². The van der Waals surface area contributed by atoms with Crippen LogP contribution in [0.4, 0.5) is 0 Å². The Labute approximate surface area is 175 Å². The molecule has 0 spiro atoms. The van der Waals surface area contributed by atoms with Crippen LogP contribution < -0.4 is 5.32 Å². The van der Waals surface area contributed by atoms with Gasteiger partial charge in [-0.2, -0.15) is 5.10 Å². The summed E-state index contributed by atoms with van der Waals surface area (Å²) in [6.07, 6.45) is 0.685. The third kappa shape index (κ3) is 5.12. The van der Waals surface area contributed by atoms with Crippen LogP contribution >= 0.6 is 0 Å². The van der Waals surface area contributed by atoms with E-state index in [0.29, 0.717) is 24.4 Å². The summed E-state index contributed by atoms with van der Waals surface area (Å²) in [6.45, 7) is 4.24. The largest absolute Gasteiger partial charge is 0.449 e. The Morgan fingerprint density at radius 1 is 1.13 bits per heavy atom. The molecule has 1 amide bonds. The van der Waals surface area contributed by atoms with Gasteiger partial charge in [-0.3, -0.25) is 4.79 Å². The van der Waals surface area contributed by atoms with Gasteiger partial charge in [-0.05, 0) is 32.0 Å². The van der Waals surface area contributed by atoms with Crippen molar-refractivity contribution in [3.05, 3.63) is 71.9 Å². The summed E-state index contributed by atoms with van der Waals surface area (Å²) < 4.78 is 12.0. The molecule has 0 radical (unpaired) electrons. The number of methoxy groups -OCH3 is 1. The lowest BCUT2D eigenvalue weighted by Gasteiger charge is -2.13. The van der Waals surface area contributed by atoms with Gasteiger partial charge >= 0.3 is 5.97 Å². The normalized spacial score (nSPS) is 11.7. The summed E-state index contributed by atoms with van der Waals surface area (Å²) in [4.78, 5) is 25.1. The van der Waals surface area contributed by atoms with Crippen molar-refractivity contribution in [1.82, 2.24) is 15.1 Å². The quantitative estimate of drug-likeness (QED) is 0.458. The van der Waals surface area contributed by atoms with E-state index < -0.39 is 12.1 Å². The number of benzene rings is 2. The SMILES string of the molecule is COCCNC(=O)[C@H](C)OC(=O)c1cn(-c2ccccc2)nc1-c1cccc(C)c1. The molecule has 0 aliphatic heterocycles. The molecule has 1 aromatic heterocycles. The Kier molecular flexibility index (Phi) is 6.98. The maximum atomic E-state index is 12.9. The highest BCUT2D eigenvalue weighted by Gasteiger charge is 2.24. The highest BCUT2D eigenvalue weighted by atomic mass is 16.5. The second-order valence-corrected chi connectivity index (χ2v) is 6.87. The predicted octanol–water partition coefficient (Wildman–Crippen LogP) is 3.16. The topological polar surface area (TPSA) is 82.5 Å². The van der Waals surface area contributed by atoms with E-state index in [4.69, 9.17) is 9.47 Å². The molecular weight excluding hydrogens is 382 g/mol. The minimum atomic E-state index is -0.945. The number of aryl methyl sites for hydroxylation is 1. The molecular formula is C23H25N3O4. The Morgan fingerprint density at radius 3 is 2.60 bits per heavy atom. The molecule has 0 aliphatic rings. The van der Waals surface area contributed by atoms with Crippen molar-refractivity contribution in [3.63, 3.8) is 0 Å². The molecule has 7 heteroatoms. The van der Waals surface area contributed by atoms with Crippen LogP contribution in [0.25, 0.3) is 16.9 Å². The van der Waals surface area contributed by atoms with E-state index in [1.807, 2.05) is 61.5 Å². The smallest absolute Gasteiger partial charge is 0.342 e. The zero-order valence-electron chi connectivity index (χ0n) is 17.3. The van der Waals surface area contributed by atoms with E-state index in [1.54, 1.807) is 18.0 Å². The van der Waals surface area contributed by atoms with Crippen molar-refractivity contribution >= 4 is 11.9 Å². The minimum absolute atomic E-state index is 0.293. The maximum Gasteiger partial charge on any atom is 0.342 e. The highest BCUT2D eigenvalue weighted by Crippen LogP contribution is 2.25. The summed E-state index contributed by atoms with van der Waals surface area (Å²) in [5.74, 6) is -0.990. The molecule has 0 aliphatic carbocycles. The molecule has 1 atom stereocenters. The van der Waals surface area contributed by atoms with E-state index in [-0.39, 0.29) is 5.91 Å². The number of ether oxygens (including phenoxy) is 2. The van der Waals surface area contributed by atoms with Gasteiger partial charge in [0.15, 0.2) is 6.10 Å². The van der Waals surface area contributed by atoms with Gasteiger partial charge in [0.05, 0.1) is 12.3 Å². The number of nitrogens with one attached hydrogen (secondary N) is 1. The van der Waals surface area contributed by atoms with Crippen LogP contribution in [0.1, 0.15) is 22.8 Å². The van der Waals surface area contributed by atoms with Crippen LogP contribution in [0.15, 0.2) is 60.8 Å². The van der Waals surface area contributed by atoms with Crippen molar-refractivity contribution in [2.75, 3.05) is 20.3 Å². The number of amides is 1. The Balaban J connectivity index is 1.89. The van der Waals surface area contributed by atoms with Crippen LogP contribution in [-0.2, 0) is 14.3 Å². The molecule has 156 valence electrons. The van der Waals surface area contributed by atoms with Crippen molar-refractivity contribution < 1.29 is 19.1 Å². The molecule has 30 heavy (non-hydrogen) atoms. The summed E-state index contributed by atoms with van der Waals surface area (Å²) >= 11 is 0. The fourth-order valence-electron chi connectivity index (χ4n) is 2.94. The standard InChI is InChI=1S/C23H25N3O4/c1-16-8-7-9-18(14-16)21-20(15-26(25-21)19-10-5-4-6-11-19)23(28)30-17(2)22(27)24-12-13-29-3/h4-11,14-15,17H,12-13H2,1-3H3,(H,24,27)/t17-/m0/s1. The van der Waals surface area contributed by atoms with E-state index in [0.717, 1.165) is 16.8 Å².